The molecule has 2 rings (SSSR count). The zero-order chi connectivity index (χ0) is 9.97. The van der Waals surface area contributed by atoms with Gasteiger partial charge in [-0.15, -0.1) is 36.2 Å². The maximum absolute atomic E-state index is 12.6. The first kappa shape index (κ1) is 15.3. The highest BCUT2D eigenvalue weighted by Gasteiger charge is 2.02. The lowest BCUT2D eigenvalue weighted by molar-refractivity contribution is 0.628. The molecule has 2 nitrogen and oxygen atoms in total. The average Bonchev–Trinajstić information content (AvgIpc) is 2.67. The number of thiazole rings is 1. The molecule has 0 spiro atoms. The molecule has 0 amide bonds. The summed E-state index contributed by atoms with van der Waals surface area (Å²) in [6.45, 7) is 0.450. The zero-order valence-electron chi connectivity index (χ0n) is 8.22. The molecule has 0 unspecified atom stereocenters. The number of benzene rings is 1. The van der Waals surface area contributed by atoms with Crippen molar-refractivity contribution in [1.29, 1.82) is 0 Å². The number of hydrogen-bond donors (Lipinski definition) is 1. The smallest absolute Gasteiger partial charge is 0.123 e. The number of hydrogen-bond acceptors (Lipinski definition) is 3. The predicted octanol–water partition coefficient (Wildman–Crippen LogP) is 3.25. The van der Waals surface area contributed by atoms with E-state index in [1.54, 1.807) is 12.1 Å². The molecule has 16 heavy (non-hydrogen) atoms. The predicted molar refractivity (Wildman–Crippen MR) is 69.9 cm³/mol. The molecular formula is C10H11Cl2FN2S. The van der Waals surface area contributed by atoms with Crippen molar-refractivity contribution in [1.82, 2.24) is 4.98 Å². The first-order valence-electron chi connectivity index (χ1n) is 4.20. The average molecular weight is 281 g/mol. The van der Waals surface area contributed by atoms with Crippen LogP contribution < -0.4 is 5.73 Å². The molecule has 1 heterocycles. The van der Waals surface area contributed by atoms with Gasteiger partial charge in [0.15, 0.2) is 0 Å². The Morgan fingerprint density at radius 1 is 1.19 bits per heavy atom. The molecule has 1 aromatic heterocycles. The van der Waals surface area contributed by atoms with Crippen LogP contribution in [0, 0.1) is 5.82 Å². The monoisotopic (exact) mass is 280 g/mol. The van der Waals surface area contributed by atoms with Gasteiger partial charge in [0.2, 0.25) is 0 Å². The van der Waals surface area contributed by atoms with Gasteiger partial charge < -0.3 is 5.73 Å². The van der Waals surface area contributed by atoms with Gasteiger partial charge in [-0.25, -0.2) is 9.37 Å². The Labute approximate surface area is 110 Å². The lowest BCUT2D eigenvalue weighted by Gasteiger charge is -1.95. The van der Waals surface area contributed by atoms with Crippen LogP contribution in [0.5, 0.6) is 0 Å². The van der Waals surface area contributed by atoms with Crippen molar-refractivity contribution in [2.45, 2.75) is 6.54 Å². The van der Waals surface area contributed by atoms with Gasteiger partial charge in [0, 0.05) is 17.5 Å². The summed E-state index contributed by atoms with van der Waals surface area (Å²) in [5, 5.41) is 2.82. The number of nitrogens with zero attached hydrogens (tertiary/aromatic N) is 1. The maximum atomic E-state index is 12.6. The molecule has 2 N–H and O–H groups in total. The minimum atomic E-state index is -0.233. The molecule has 1 aromatic carbocycles. The van der Waals surface area contributed by atoms with Crippen LogP contribution in [0.25, 0.3) is 11.3 Å². The van der Waals surface area contributed by atoms with Crippen LogP contribution in [0.1, 0.15) is 5.01 Å². The van der Waals surface area contributed by atoms with Crippen molar-refractivity contribution < 1.29 is 4.39 Å². The summed E-state index contributed by atoms with van der Waals surface area (Å²) in [6.07, 6.45) is 0. The molecule has 0 aliphatic heterocycles. The highest BCUT2D eigenvalue weighted by molar-refractivity contribution is 7.09. The van der Waals surface area contributed by atoms with E-state index >= 15 is 0 Å². The van der Waals surface area contributed by atoms with Crippen molar-refractivity contribution >= 4 is 36.2 Å². The Bertz CT molecular complexity index is 431. The minimum absolute atomic E-state index is 0. The fourth-order valence-corrected chi connectivity index (χ4v) is 1.84. The van der Waals surface area contributed by atoms with E-state index < -0.39 is 0 Å². The molecule has 6 heteroatoms. The van der Waals surface area contributed by atoms with Crippen molar-refractivity contribution in [3.05, 3.63) is 40.5 Å². The number of rotatable bonds is 2. The quantitative estimate of drug-likeness (QED) is 0.917. The number of halogens is 3. The van der Waals surface area contributed by atoms with Crippen LogP contribution >= 0.6 is 36.2 Å². The van der Waals surface area contributed by atoms with Crippen LogP contribution in [-0.2, 0) is 6.54 Å². The van der Waals surface area contributed by atoms with Crippen LogP contribution in [0.15, 0.2) is 29.6 Å². The van der Waals surface area contributed by atoms with Gasteiger partial charge in [0.1, 0.15) is 10.8 Å². The van der Waals surface area contributed by atoms with E-state index in [0.29, 0.717) is 6.54 Å². The molecule has 0 saturated carbocycles. The topological polar surface area (TPSA) is 38.9 Å². The summed E-state index contributed by atoms with van der Waals surface area (Å²) in [5.74, 6) is -0.233. The van der Waals surface area contributed by atoms with E-state index in [-0.39, 0.29) is 30.6 Å². The minimum Gasteiger partial charge on any atom is -0.325 e. The molecule has 0 saturated heterocycles. The Kier molecular flexibility index (Phi) is 6.52. The Balaban J connectivity index is 0.00000112. The normalized spacial score (nSPS) is 9.12. The molecule has 0 aliphatic rings. The van der Waals surface area contributed by atoms with Crippen molar-refractivity contribution in [2.24, 2.45) is 5.73 Å². The van der Waals surface area contributed by atoms with Gasteiger partial charge in [-0.3, -0.25) is 0 Å². The summed E-state index contributed by atoms with van der Waals surface area (Å²) < 4.78 is 12.6. The molecule has 2 aromatic rings. The second-order valence-corrected chi connectivity index (χ2v) is 3.78. The van der Waals surface area contributed by atoms with E-state index in [9.17, 15) is 4.39 Å². The lowest BCUT2D eigenvalue weighted by Crippen LogP contribution is -1.94. The fraction of sp³-hybridized carbons (Fsp3) is 0.100. The van der Waals surface area contributed by atoms with E-state index in [1.165, 1.54) is 23.5 Å². The van der Waals surface area contributed by atoms with Gasteiger partial charge in [0.25, 0.3) is 0 Å². The van der Waals surface area contributed by atoms with Crippen LogP contribution in [-0.4, -0.2) is 4.98 Å². The second-order valence-electron chi connectivity index (χ2n) is 2.84. The largest absolute Gasteiger partial charge is 0.325 e. The first-order valence-corrected chi connectivity index (χ1v) is 5.08. The molecule has 0 fully saturated rings. The SMILES string of the molecule is Cl.Cl.NCc1nc(-c2ccc(F)cc2)cs1. The van der Waals surface area contributed by atoms with Gasteiger partial charge in [-0.2, -0.15) is 0 Å². The summed E-state index contributed by atoms with van der Waals surface area (Å²) in [5.41, 5.74) is 7.23. The first-order chi connectivity index (χ1) is 6.79. The van der Waals surface area contributed by atoms with Crippen molar-refractivity contribution in [3.63, 3.8) is 0 Å². The molecule has 88 valence electrons. The van der Waals surface area contributed by atoms with E-state index in [0.717, 1.165) is 16.3 Å². The van der Waals surface area contributed by atoms with E-state index in [2.05, 4.69) is 4.98 Å². The third-order valence-electron chi connectivity index (χ3n) is 1.87. The summed E-state index contributed by atoms with van der Waals surface area (Å²) >= 11 is 1.52. The summed E-state index contributed by atoms with van der Waals surface area (Å²) in [4.78, 5) is 4.30. The molecular weight excluding hydrogens is 270 g/mol. The summed E-state index contributed by atoms with van der Waals surface area (Å²) in [6, 6.07) is 6.28. The van der Waals surface area contributed by atoms with Crippen molar-refractivity contribution in [2.75, 3.05) is 0 Å². The standard InChI is InChI=1S/C10H9FN2S.2ClH/c11-8-3-1-7(2-4-8)9-6-14-10(5-12)13-9;;/h1-4,6H,5,12H2;2*1H. The summed E-state index contributed by atoms with van der Waals surface area (Å²) in [7, 11) is 0. The van der Waals surface area contributed by atoms with Crippen molar-refractivity contribution in [3.8, 4) is 11.3 Å². The van der Waals surface area contributed by atoms with E-state index in [4.69, 9.17) is 5.73 Å². The number of nitrogens with two attached hydrogens (primary N) is 1. The second kappa shape index (κ2) is 6.81. The molecule has 0 aliphatic carbocycles. The Morgan fingerprint density at radius 2 is 1.81 bits per heavy atom. The van der Waals surface area contributed by atoms with Gasteiger partial charge in [0.05, 0.1) is 5.69 Å². The van der Waals surface area contributed by atoms with Crippen LogP contribution in [0.4, 0.5) is 4.39 Å². The van der Waals surface area contributed by atoms with Crippen LogP contribution in [0.3, 0.4) is 0 Å². The molecule has 0 bridgehead atoms. The van der Waals surface area contributed by atoms with Gasteiger partial charge in [-0.05, 0) is 24.3 Å². The maximum Gasteiger partial charge on any atom is 0.123 e. The molecule has 0 atom stereocenters. The zero-order valence-corrected chi connectivity index (χ0v) is 10.7. The Morgan fingerprint density at radius 3 is 2.31 bits per heavy atom. The van der Waals surface area contributed by atoms with Gasteiger partial charge >= 0.3 is 0 Å². The molecule has 0 radical (unpaired) electrons. The highest BCUT2D eigenvalue weighted by Crippen LogP contribution is 2.21. The third kappa shape index (κ3) is 3.42. The highest BCUT2D eigenvalue weighted by atomic mass is 35.5. The Hall–Kier alpha value is -0.680. The van der Waals surface area contributed by atoms with Gasteiger partial charge in [-0.1, -0.05) is 0 Å². The third-order valence-corrected chi connectivity index (χ3v) is 2.74. The van der Waals surface area contributed by atoms with E-state index in [1.807, 2.05) is 5.38 Å². The fourth-order valence-electron chi connectivity index (χ4n) is 1.16. The number of aromatic nitrogens is 1. The lowest BCUT2D eigenvalue weighted by atomic mass is 10.2. The van der Waals surface area contributed by atoms with Crippen LogP contribution in [0.2, 0.25) is 0 Å².